The number of nitrogens with two attached hydrogens (primary N) is 1. The molecule has 1 aliphatic rings. The van der Waals surface area contributed by atoms with Crippen LogP contribution in [0.4, 0.5) is 5.82 Å². The monoisotopic (exact) mass is 271 g/mol. The summed E-state index contributed by atoms with van der Waals surface area (Å²) in [6.07, 6.45) is 3.57. The number of aryl methyl sites for hydroxylation is 1. The van der Waals surface area contributed by atoms with E-state index in [1.807, 2.05) is 38.1 Å². The van der Waals surface area contributed by atoms with E-state index in [1.165, 1.54) is 12.8 Å². The minimum absolute atomic E-state index is 0.165. The van der Waals surface area contributed by atoms with Crippen LogP contribution in [-0.4, -0.2) is 15.7 Å². The molecule has 106 valence electrons. The lowest BCUT2D eigenvalue weighted by Crippen LogP contribution is -2.12. The van der Waals surface area contributed by atoms with Gasteiger partial charge in [-0.25, -0.2) is 4.98 Å². The summed E-state index contributed by atoms with van der Waals surface area (Å²) in [5.74, 6) is 2.75. The van der Waals surface area contributed by atoms with Crippen LogP contribution in [-0.2, 0) is 13.0 Å². The number of nitrogens with zero attached hydrogens (tertiary/aromatic N) is 2. The van der Waals surface area contributed by atoms with Gasteiger partial charge in [0.2, 0.25) is 0 Å². The molecule has 2 N–H and O–H groups in total. The molecule has 0 bridgehead atoms. The third kappa shape index (κ3) is 2.38. The molecule has 0 spiro atoms. The smallest absolute Gasteiger partial charge is 0.131 e. The Morgan fingerprint density at radius 2 is 2.15 bits per heavy atom. The summed E-state index contributed by atoms with van der Waals surface area (Å²) < 4.78 is 7.89. The molecule has 20 heavy (non-hydrogen) atoms. The van der Waals surface area contributed by atoms with Crippen molar-refractivity contribution in [3.63, 3.8) is 0 Å². The molecule has 1 aliphatic heterocycles. The highest BCUT2D eigenvalue weighted by atomic mass is 16.5. The second-order valence-electron chi connectivity index (χ2n) is 5.57. The fraction of sp³-hybridized carbons (Fsp3) is 0.438. The van der Waals surface area contributed by atoms with Crippen LogP contribution in [0, 0.1) is 0 Å². The number of imidazole rings is 1. The first-order chi connectivity index (χ1) is 9.65. The molecule has 0 saturated carbocycles. The number of hydrogen-bond donors (Lipinski definition) is 1. The molecular weight excluding hydrogens is 250 g/mol. The molecule has 0 saturated heterocycles. The van der Waals surface area contributed by atoms with Crippen molar-refractivity contribution in [2.24, 2.45) is 0 Å². The van der Waals surface area contributed by atoms with E-state index >= 15 is 0 Å². The number of hydrogen-bond acceptors (Lipinski definition) is 3. The SMILES string of the molecule is CC(C)Oc1cccc(-c2nc3n(c2N)CCCC3)c1. The molecule has 2 heterocycles. The lowest BCUT2D eigenvalue weighted by molar-refractivity contribution is 0.242. The Labute approximate surface area is 119 Å². The van der Waals surface area contributed by atoms with Gasteiger partial charge in [0.25, 0.3) is 0 Å². The van der Waals surface area contributed by atoms with Crippen molar-refractivity contribution in [3.8, 4) is 17.0 Å². The number of benzene rings is 1. The molecule has 0 amide bonds. The average Bonchev–Trinajstić information content (AvgIpc) is 2.76. The van der Waals surface area contributed by atoms with Crippen LogP contribution in [0.15, 0.2) is 24.3 Å². The number of anilines is 1. The molecule has 4 nitrogen and oxygen atoms in total. The summed E-state index contributed by atoms with van der Waals surface area (Å²) >= 11 is 0. The third-order valence-electron chi connectivity index (χ3n) is 3.60. The summed E-state index contributed by atoms with van der Waals surface area (Å²) in [4.78, 5) is 4.72. The summed E-state index contributed by atoms with van der Waals surface area (Å²) in [7, 11) is 0. The fourth-order valence-corrected chi connectivity index (χ4v) is 2.71. The Kier molecular flexibility index (Phi) is 3.38. The van der Waals surface area contributed by atoms with Crippen molar-refractivity contribution in [2.45, 2.75) is 45.8 Å². The highest BCUT2D eigenvalue weighted by Crippen LogP contribution is 2.31. The molecule has 2 aromatic rings. The van der Waals surface area contributed by atoms with Gasteiger partial charge >= 0.3 is 0 Å². The Morgan fingerprint density at radius 1 is 1.30 bits per heavy atom. The summed E-state index contributed by atoms with van der Waals surface area (Å²) in [5, 5.41) is 0. The van der Waals surface area contributed by atoms with E-state index in [-0.39, 0.29) is 6.10 Å². The van der Waals surface area contributed by atoms with Crippen LogP contribution in [0.5, 0.6) is 5.75 Å². The largest absolute Gasteiger partial charge is 0.491 e. The number of rotatable bonds is 3. The molecule has 0 atom stereocenters. The molecule has 0 radical (unpaired) electrons. The zero-order chi connectivity index (χ0) is 14.1. The maximum absolute atomic E-state index is 6.27. The third-order valence-corrected chi connectivity index (χ3v) is 3.60. The average molecular weight is 271 g/mol. The lowest BCUT2D eigenvalue weighted by Gasteiger charge is -2.14. The summed E-state index contributed by atoms with van der Waals surface area (Å²) in [6, 6.07) is 8.02. The van der Waals surface area contributed by atoms with Gasteiger partial charge in [0.15, 0.2) is 0 Å². The van der Waals surface area contributed by atoms with Gasteiger partial charge < -0.3 is 15.0 Å². The quantitative estimate of drug-likeness (QED) is 0.932. The van der Waals surface area contributed by atoms with Crippen LogP contribution in [0.1, 0.15) is 32.5 Å². The van der Waals surface area contributed by atoms with Crippen molar-refractivity contribution in [1.29, 1.82) is 0 Å². The molecule has 1 aromatic heterocycles. The highest BCUT2D eigenvalue weighted by molar-refractivity contribution is 5.72. The van der Waals surface area contributed by atoms with Crippen molar-refractivity contribution in [1.82, 2.24) is 9.55 Å². The Hall–Kier alpha value is -1.97. The maximum atomic E-state index is 6.27. The van der Waals surface area contributed by atoms with Gasteiger partial charge in [-0.15, -0.1) is 0 Å². The van der Waals surface area contributed by atoms with E-state index in [1.54, 1.807) is 0 Å². The highest BCUT2D eigenvalue weighted by Gasteiger charge is 2.18. The Balaban J connectivity index is 1.98. The number of aromatic nitrogens is 2. The molecule has 0 unspecified atom stereocenters. The minimum atomic E-state index is 0.165. The van der Waals surface area contributed by atoms with Gasteiger partial charge in [0.05, 0.1) is 6.10 Å². The zero-order valence-electron chi connectivity index (χ0n) is 12.1. The number of ether oxygens (including phenoxy) is 1. The number of nitrogen functional groups attached to an aromatic ring is 1. The standard InChI is InChI=1S/C16H21N3O/c1-11(2)20-13-7-5-6-12(10-13)15-16(17)19-9-4-3-8-14(19)18-15/h5-7,10-11H,3-4,8-9,17H2,1-2H3. The van der Waals surface area contributed by atoms with Crippen LogP contribution in [0.2, 0.25) is 0 Å². The topological polar surface area (TPSA) is 53.1 Å². The van der Waals surface area contributed by atoms with Gasteiger partial charge in [-0.05, 0) is 38.8 Å². The first kappa shape index (κ1) is 13.0. The maximum Gasteiger partial charge on any atom is 0.131 e. The van der Waals surface area contributed by atoms with Crippen molar-refractivity contribution < 1.29 is 4.74 Å². The van der Waals surface area contributed by atoms with Gasteiger partial charge in [-0.3, -0.25) is 0 Å². The zero-order valence-corrected chi connectivity index (χ0v) is 12.1. The van der Waals surface area contributed by atoms with Crippen molar-refractivity contribution in [2.75, 3.05) is 5.73 Å². The normalized spacial score (nSPS) is 14.3. The molecule has 3 rings (SSSR count). The predicted octanol–water partition coefficient (Wildman–Crippen LogP) is 3.26. The first-order valence-corrected chi connectivity index (χ1v) is 7.27. The van der Waals surface area contributed by atoms with E-state index in [0.29, 0.717) is 0 Å². The summed E-state index contributed by atoms with van der Waals surface area (Å²) in [5.41, 5.74) is 8.18. The van der Waals surface area contributed by atoms with Crippen LogP contribution in [0.3, 0.4) is 0 Å². The van der Waals surface area contributed by atoms with Gasteiger partial charge in [0, 0.05) is 18.5 Å². The van der Waals surface area contributed by atoms with E-state index in [0.717, 1.165) is 41.6 Å². The summed E-state index contributed by atoms with van der Waals surface area (Å²) in [6.45, 7) is 5.03. The predicted molar refractivity (Wildman–Crippen MR) is 80.8 cm³/mol. The van der Waals surface area contributed by atoms with E-state index in [2.05, 4.69) is 4.57 Å². The van der Waals surface area contributed by atoms with Crippen molar-refractivity contribution >= 4 is 5.82 Å². The van der Waals surface area contributed by atoms with Crippen LogP contribution < -0.4 is 10.5 Å². The molecular formula is C16H21N3O. The molecule has 4 heteroatoms. The van der Waals surface area contributed by atoms with Gasteiger partial charge in [-0.2, -0.15) is 0 Å². The fourth-order valence-electron chi connectivity index (χ4n) is 2.71. The van der Waals surface area contributed by atoms with Gasteiger partial charge in [0.1, 0.15) is 23.1 Å². The Bertz CT molecular complexity index is 616. The minimum Gasteiger partial charge on any atom is -0.491 e. The van der Waals surface area contributed by atoms with Crippen LogP contribution in [0.25, 0.3) is 11.3 Å². The second kappa shape index (κ2) is 5.19. The first-order valence-electron chi connectivity index (χ1n) is 7.27. The second-order valence-corrected chi connectivity index (χ2v) is 5.57. The molecule has 1 aromatic carbocycles. The van der Waals surface area contributed by atoms with Crippen molar-refractivity contribution in [3.05, 3.63) is 30.1 Å². The van der Waals surface area contributed by atoms with E-state index < -0.39 is 0 Å². The van der Waals surface area contributed by atoms with E-state index in [4.69, 9.17) is 15.5 Å². The van der Waals surface area contributed by atoms with Crippen LogP contribution >= 0.6 is 0 Å². The van der Waals surface area contributed by atoms with Gasteiger partial charge in [-0.1, -0.05) is 12.1 Å². The number of fused-ring (bicyclic) bond motifs is 1. The lowest BCUT2D eigenvalue weighted by atomic mass is 10.1. The molecule has 0 fully saturated rings. The molecule has 0 aliphatic carbocycles. The Morgan fingerprint density at radius 3 is 2.90 bits per heavy atom. The van der Waals surface area contributed by atoms with E-state index in [9.17, 15) is 0 Å².